The largest absolute Gasteiger partial charge is 0.319 e. The number of rotatable bonds is 5. The summed E-state index contributed by atoms with van der Waals surface area (Å²) in [6.45, 7) is 3.06. The summed E-state index contributed by atoms with van der Waals surface area (Å²) in [5.41, 5.74) is 0.297. The van der Waals surface area contributed by atoms with Crippen LogP contribution in [0.15, 0.2) is 6.33 Å². The van der Waals surface area contributed by atoms with Crippen molar-refractivity contribution < 1.29 is 0 Å². The Morgan fingerprint density at radius 1 is 1.41 bits per heavy atom. The molecule has 1 rings (SSSR count). The molecule has 0 radical (unpaired) electrons. The summed E-state index contributed by atoms with van der Waals surface area (Å²) in [4.78, 5) is 3.82. The molecule has 1 unspecified atom stereocenters. The van der Waals surface area contributed by atoms with Gasteiger partial charge in [0.2, 0.25) is 0 Å². The van der Waals surface area contributed by atoms with E-state index in [1.54, 1.807) is 0 Å². The van der Waals surface area contributed by atoms with Gasteiger partial charge in [0.05, 0.1) is 18.9 Å². The van der Waals surface area contributed by atoms with Gasteiger partial charge in [-0.2, -0.15) is 15.8 Å². The fraction of sp³-hybridized carbons (Fsp3) is 0.455. The third-order valence-electron chi connectivity index (χ3n) is 2.23. The summed E-state index contributed by atoms with van der Waals surface area (Å²) in [6, 6.07) is 5.49. The standard InChI is InChI=1S/C11H12N6/c1-2-3-15-9(4-12)7-17-8-16-10(5-13)11(17)6-14/h8-9,15H,2-3,7H2,1H3. The fourth-order valence-corrected chi connectivity index (χ4v) is 1.39. The molecular weight excluding hydrogens is 216 g/mol. The second kappa shape index (κ2) is 6.27. The lowest BCUT2D eigenvalue weighted by Gasteiger charge is -2.11. The zero-order chi connectivity index (χ0) is 12.7. The molecular formula is C11H12N6. The fourth-order valence-electron chi connectivity index (χ4n) is 1.39. The number of nitriles is 3. The predicted octanol–water partition coefficient (Wildman–Crippen LogP) is 0.518. The van der Waals surface area contributed by atoms with Gasteiger partial charge < -0.3 is 9.88 Å². The van der Waals surface area contributed by atoms with E-state index in [0.29, 0.717) is 6.54 Å². The molecule has 1 aromatic rings. The van der Waals surface area contributed by atoms with E-state index in [1.807, 2.05) is 19.1 Å². The maximum atomic E-state index is 8.95. The average molecular weight is 228 g/mol. The third-order valence-corrected chi connectivity index (χ3v) is 2.23. The van der Waals surface area contributed by atoms with Crippen LogP contribution in [0.25, 0.3) is 0 Å². The van der Waals surface area contributed by atoms with Crippen molar-refractivity contribution in [3.05, 3.63) is 17.7 Å². The summed E-state index contributed by atoms with van der Waals surface area (Å²) in [6.07, 6.45) is 2.34. The van der Waals surface area contributed by atoms with E-state index in [-0.39, 0.29) is 17.4 Å². The minimum Gasteiger partial charge on any atom is -0.319 e. The molecule has 0 aromatic carbocycles. The Hall–Kier alpha value is -2.36. The second-order valence-corrected chi connectivity index (χ2v) is 3.45. The van der Waals surface area contributed by atoms with Crippen LogP contribution < -0.4 is 5.32 Å². The molecule has 0 fully saturated rings. The van der Waals surface area contributed by atoms with Gasteiger partial charge >= 0.3 is 0 Å². The van der Waals surface area contributed by atoms with Gasteiger partial charge in [0, 0.05) is 0 Å². The SMILES string of the molecule is CCCNC(C#N)Cn1cnc(C#N)c1C#N. The molecule has 1 N–H and O–H groups in total. The number of hydrogen-bond donors (Lipinski definition) is 1. The van der Waals surface area contributed by atoms with E-state index < -0.39 is 0 Å². The van der Waals surface area contributed by atoms with E-state index in [1.165, 1.54) is 10.9 Å². The van der Waals surface area contributed by atoms with Gasteiger partial charge in [0.15, 0.2) is 11.4 Å². The normalized spacial score (nSPS) is 11.2. The summed E-state index contributed by atoms with van der Waals surface area (Å²) < 4.78 is 1.52. The quantitative estimate of drug-likeness (QED) is 0.791. The van der Waals surface area contributed by atoms with Crippen LogP contribution >= 0.6 is 0 Å². The highest BCUT2D eigenvalue weighted by Crippen LogP contribution is 2.05. The van der Waals surface area contributed by atoms with Crippen LogP contribution in [0, 0.1) is 34.0 Å². The molecule has 0 spiro atoms. The van der Waals surface area contributed by atoms with Gasteiger partial charge in [-0.3, -0.25) is 0 Å². The van der Waals surface area contributed by atoms with Crippen LogP contribution in [0.5, 0.6) is 0 Å². The van der Waals surface area contributed by atoms with Crippen molar-refractivity contribution in [1.82, 2.24) is 14.9 Å². The maximum Gasteiger partial charge on any atom is 0.176 e. The first kappa shape index (κ1) is 12.7. The van der Waals surface area contributed by atoms with Crippen molar-refractivity contribution >= 4 is 0 Å². The van der Waals surface area contributed by atoms with E-state index in [0.717, 1.165) is 13.0 Å². The molecule has 1 heterocycles. The molecule has 0 aliphatic carbocycles. The van der Waals surface area contributed by atoms with Gasteiger partial charge in [-0.15, -0.1) is 0 Å². The Morgan fingerprint density at radius 2 is 2.18 bits per heavy atom. The van der Waals surface area contributed by atoms with Crippen molar-refractivity contribution in [2.45, 2.75) is 25.9 Å². The Bertz CT molecular complexity index is 496. The van der Waals surface area contributed by atoms with Crippen molar-refractivity contribution in [2.24, 2.45) is 0 Å². The van der Waals surface area contributed by atoms with E-state index in [9.17, 15) is 0 Å². The van der Waals surface area contributed by atoms with Crippen LogP contribution in [-0.4, -0.2) is 22.1 Å². The molecule has 0 saturated carbocycles. The number of hydrogen-bond acceptors (Lipinski definition) is 5. The molecule has 0 aliphatic heterocycles. The number of aromatic nitrogens is 2. The first-order chi connectivity index (χ1) is 8.26. The smallest absolute Gasteiger partial charge is 0.176 e. The first-order valence-electron chi connectivity index (χ1n) is 5.25. The van der Waals surface area contributed by atoms with Crippen LogP contribution in [0.3, 0.4) is 0 Å². The maximum absolute atomic E-state index is 8.95. The van der Waals surface area contributed by atoms with Crippen molar-refractivity contribution in [2.75, 3.05) is 6.54 Å². The number of nitrogens with zero attached hydrogens (tertiary/aromatic N) is 5. The lowest BCUT2D eigenvalue weighted by atomic mass is 10.3. The predicted molar refractivity (Wildman–Crippen MR) is 59.4 cm³/mol. The first-order valence-corrected chi connectivity index (χ1v) is 5.25. The lowest BCUT2D eigenvalue weighted by Crippen LogP contribution is -2.32. The Kier molecular flexibility index (Phi) is 4.69. The number of nitrogens with one attached hydrogen (secondary N) is 1. The van der Waals surface area contributed by atoms with Gasteiger partial charge in [-0.25, -0.2) is 4.98 Å². The molecule has 0 bridgehead atoms. The van der Waals surface area contributed by atoms with E-state index in [4.69, 9.17) is 15.8 Å². The van der Waals surface area contributed by atoms with E-state index >= 15 is 0 Å². The zero-order valence-electron chi connectivity index (χ0n) is 9.51. The second-order valence-electron chi connectivity index (χ2n) is 3.45. The molecule has 1 atom stereocenters. The van der Waals surface area contributed by atoms with E-state index in [2.05, 4.69) is 16.4 Å². The highest BCUT2D eigenvalue weighted by atomic mass is 15.1. The number of imidazole rings is 1. The summed E-state index contributed by atoms with van der Waals surface area (Å²) in [5, 5.41) is 29.6. The van der Waals surface area contributed by atoms with Gasteiger partial charge in [-0.05, 0) is 13.0 Å². The minimum atomic E-state index is -0.386. The van der Waals surface area contributed by atoms with Crippen LogP contribution in [0.4, 0.5) is 0 Å². The zero-order valence-corrected chi connectivity index (χ0v) is 9.51. The van der Waals surface area contributed by atoms with Crippen molar-refractivity contribution in [3.63, 3.8) is 0 Å². The summed E-state index contributed by atoms with van der Waals surface area (Å²) in [7, 11) is 0. The lowest BCUT2D eigenvalue weighted by molar-refractivity contribution is 0.518. The minimum absolute atomic E-state index is 0.0969. The third kappa shape index (κ3) is 3.04. The molecule has 0 aliphatic rings. The van der Waals surface area contributed by atoms with Gasteiger partial charge in [0.1, 0.15) is 18.2 Å². The Labute approximate surface area is 99.7 Å². The molecule has 0 amide bonds. The molecule has 17 heavy (non-hydrogen) atoms. The van der Waals surface area contributed by atoms with Crippen LogP contribution in [0.1, 0.15) is 24.7 Å². The average Bonchev–Trinajstić information content (AvgIpc) is 2.76. The Morgan fingerprint density at radius 3 is 2.71 bits per heavy atom. The summed E-state index contributed by atoms with van der Waals surface area (Å²) in [5.74, 6) is 0. The highest BCUT2D eigenvalue weighted by molar-refractivity contribution is 5.36. The molecule has 6 heteroatoms. The topological polar surface area (TPSA) is 101 Å². The molecule has 6 nitrogen and oxygen atoms in total. The summed E-state index contributed by atoms with van der Waals surface area (Å²) >= 11 is 0. The molecule has 86 valence electrons. The highest BCUT2D eigenvalue weighted by Gasteiger charge is 2.13. The van der Waals surface area contributed by atoms with Gasteiger partial charge in [0.25, 0.3) is 0 Å². The van der Waals surface area contributed by atoms with Crippen molar-refractivity contribution in [1.29, 1.82) is 15.8 Å². The van der Waals surface area contributed by atoms with Crippen LogP contribution in [0.2, 0.25) is 0 Å². The van der Waals surface area contributed by atoms with Crippen LogP contribution in [-0.2, 0) is 6.54 Å². The van der Waals surface area contributed by atoms with Gasteiger partial charge in [-0.1, -0.05) is 6.92 Å². The molecule has 1 aromatic heterocycles. The molecule has 0 saturated heterocycles. The van der Waals surface area contributed by atoms with Crippen molar-refractivity contribution in [3.8, 4) is 18.2 Å². The monoisotopic (exact) mass is 228 g/mol. The Balaban J connectivity index is 2.82.